The molecule has 1 aliphatic rings. The van der Waals surface area contributed by atoms with E-state index in [1.807, 2.05) is 0 Å². The molecule has 37 heavy (non-hydrogen) atoms. The van der Waals surface area contributed by atoms with Gasteiger partial charge in [-0.1, -0.05) is 30.3 Å². The van der Waals surface area contributed by atoms with E-state index in [1.165, 1.54) is 4.90 Å². The number of carbonyl (C=O) groups is 4. The van der Waals surface area contributed by atoms with Gasteiger partial charge in [0.05, 0.1) is 17.7 Å². The highest BCUT2D eigenvalue weighted by atomic mass is 16.6. The van der Waals surface area contributed by atoms with Crippen LogP contribution in [0.5, 0.6) is 0 Å². The molecule has 1 heterocycles. The molecule has 0 spiro atoms. The minimum absolute atomic E-state index is 0.0663. The first kappa shape index (κ1) is 27.6. The fourth-order valence-corrected chi connectivity index (χ4v) is 4.26. The van der Waals surface area contributed by atoms with E-state index in [-0.39, 0.29) is 36.9 Å². The normalized spacial score (nSPS) is 15.9. The van der Waals surface area contributed by atoms with Crippen molar-refractivity contribution in [1.82, 2.24) is 10.2 Å². The van der Waals surface area contributed by atoms with Crippen molar-refractivity contribution in [2.75, 3.05) is 6.54 Å². The number of carbonyl (C=O) groups excluding carboxylic acids is 4. The van der Waals surface area contributed by atoms with E-state index in [4.69, 9.17) is 10.00 Å². The second-order valence-electron chi connectivity index (χ2n) is 10.1. The fraction of sp³-hybridized carbons (Fsp3) is 0.414. The van der Waals surface area contributed by atoms with E-state index >= 15 is 0 Å². The highest BCUT2D eigenvalue weighted by Gasteiger charge is 2.37. The van der Waals surface area contributed by atoms with E-state index < -0.39 is 23.7 Å². The number of benzene rings is 2. The molecule has 1 fully saturated rings. The lowest BCUT2D eigenvalue weighted by molar-refractivity contribution is -0.163. The fourth-order valence-electron chi connectivity index (χ4n) is 4.26. The topological polar surface area (TPSA) is 117 Å². The van der Waals surface area contributed by atoms with Gasteiger partial charge in [-0.05, 0) is 69.9 Å². The predicted molar refractivity (Wildman–Crippen MR) is 137 cm³/mol. The molecule has 2 aromatic carbocycles. The van der Waals surface area contributed by atoms with Crippen LogP contribution in [-0.2, 0) is 25.5 Å². The summed E-state index contributed by atoms with van der Waals surface area (Å²) < 4.78 is 5.47. The molecule has 0 saturated carbocycles. The van der Waals surface area contributed by atoms with E-state index in [0.29, 0.717) is 30.5 Å². The maximum absolute atomic E-state index is 13.2. The molecule has 1 saturated heterocycles. The summed E-state index contributed by atoms with van der Waals surface area (Å²) in [7, 11) is 0. The quantitative estimate of drug-likeness (QED) is 0.523. The van der Waals surface area contributed by atoms with Gasteiger partial charge in [0.15, 0.2) is 5.78 Å². The molecule has 1 N–H and O–H groups in total. The lowest BCUT2D eigenvalue weighted by atomic mass is 9.98. The maximum Gasteiger partial charge on any atom is 0.329 e. The molecule has 0 bridgehead atoms. The van der Waals surface area contributed by atoms with Gasteiger partial charge in [-0.15, -0.1) is 0 Å². The van der Waals surface area contributed by atoms with Crippen LogP contribution in [0.4, 0.5) is 0 Å². The Hall–Kier alpha value is -3.99. The van der Waals surface area contributed by atoms with Gasteiger partial charge < -0.3 is 15.0 Å². The second kappa shape index (κ2) is 12.3. The summed E-state index contributed by atoms with van der Waals surface area (Å²) in [5.41, 5.74) is 1.05. The van der Waals surface area contributed by atoms with E-state index in [0.717, 1.165) is 5.56 Å². The van der Waals surface area contributed by atoms with Crippen LogP contribution in [-0.4, -0.2) is 52.7 Å². The van der Waals surface area contributed by atoms with Gasteiger partial charge in [-0.2, -0.15) is 5.26 Å². The third-order valence-electron chi connectivity index (χ3n) is 6.09. The Morgan fingerprint density at radius 1 is 1.05 bits per heavy atom. The van der Waals surface area contributed by atoms with E-state index in [1.54, 1.807) is 75.4 Å². The number of amides is 2. The Morgan fingerprint density at radius 3 is 2.35 bits per heavy atom. The van der Waals surface area contributed by atoms with Crippen molar-refractivity contribution in [2.24, 2.45) is 0 Å². The van der Waals surface area contributed by atoms with E-state index in [9.17, 15) is 19.2 Å². The second-order valence-corrected chi connectivity index (χ2v) is 10.1. The summed E-state index contributed by atoms with van der Waals surface area (Å²) >= 11 is 0. The molecule has 8 nitrogen and oxygen atoms in total. The highest BCUT2D eigenvalue weighted by Crippen LogP contribution is 2.22. The predicted octanol–water partition coefficient (Wildman–Crippen LogP) is 3.58. The van der Waals surface area contributed by atoms with Gasteiger partial charge in [-0.3, -0.25) is 14.4 Å². The first-order chi connectivity index (χ1) is 17.6. The van der Waals surface area contributed by atoms with Gasteiger partial charge in [0.2, 0.25) is 5.91 Å². The number of nitrogens with zero attached hydrogens (tertiary/aromatic N) is 2. The van der Waals surface area contributed by atoms with Gasteiger partial charge in [0.25, 0.3) is 5.91 Å². The summed E-state index contributed by atoms with van der Waals surface area (Å²) in [6.45, 7) is 5.78. The zero-order valence-corrected chi connectivity index (χ0v) is 21.5. The summed E-state index contributed by atoms with van der Waals surface area (Å²) in [5, 5.41) is 11.8. The van der Waals surface area contributed by atoms with Crippen LogP contribution in [0.1, 0.15) is 67.9 Å². The van der Waals surface area contributed by atoms with Crippen molar-refractivity contribution in [2.45, 2.75) is 70.6 Å². The molecular formula is C29H33N3O5. The van der Waals surface area contributed by atoms with Crippen LogP contribution in [0.25, 0.3) is 0 Å². The number of ether oxygens (including phenoxy) is 1. The monoisotopic (exact) mass is 503 g/mol. The van der Waals surface area contributed by atoms with Crippen molar-refractivity contribution in [3.05, 3.63) is 71.3 Å². The molecule has 2 aromatic rings. The SMILES string of the molecule is CC(C)(C)OC(=O)[C@@H]1CCCN1C(=O)CCC(=O)[C@@H](Cc1ccc(C#N)cc1)NC(=O)c1ccccc1. The average molecular weight is 504 g/mol. The van der Waals surface area contributed by atoms with Crippen molar-refractivity contribution in [3.63, 3.8) is 0 Å². The van der Waals surface area contributed by atoms with Gasteiger partial charge >= 0.3 is 5.97 Å². The Bertz CT molecular complexity index is 1160. The van der Waals surface area contributed by atoms with Gasteiger partial charge in [0.1, 0.15) is 11.6 Å². The molecule has 0 aromatic heterocycles. The molecule has 194 valence electrons. The van der Waals surface area contributed by atoms with Crippen molar-refractivity contribution in [1.29, 1.82) is 5.26 Å². The Balaban J connectivity index is 1.67. The summed E-state index contributed by atoms with van der Waals surface area (Å²) in [6, 6.07) is 16.0. The standard InChI is InChI=1S/C29H33N3O5/c1-29(2,3)37-28(36)24-10-7-17-32(24)26(34)16-15-25(33)23(18-20-11-13-21(19-30)14-12-20)31-27(35)22-8-5-4-6-9-22/h4-6,8-9,11-14,23-24H,7,10,15-18H2,1-3H3,(H,31,35)/t23-,24+/m1/s1. The number of nitriles is 1. The van der Waals surface area contributed by atoms with Crippen molar-refractivity contribution in [3.8, 4) is 6.07 Å². The van der Waals surface area contributed by atoms with Crippen LogP contribution in [0.15, 0.2) is 54.6 Å². The number of likely N-dealkylation sites (tertiary alicyclic amines) is 1. The Labute approximate surface area is 217 Å². The minimum Gasteiger partial charge on any atom is -0.458 e. The third kappa shape index (κ3) is 8.01. The number of ketones is 1. The number of hydrogen-bond donors (Lipinski definition) is 1. The molecule has 1 aliphatic heterocycles. The van der Waals surface area contributed by atoms with Crippen molar-refractivity contribution < 1.29 is 23.9 Å². The van der Waals surface area contributed by atoms with Crippen LogP contribution >= 0.6 is 0 Å². The smallest absolute Gasteiger partial charge is 0.329 e. The van der Waals surface area contributed by atoms with Crippen LogP contribution in [0, 0.1) is 11.3 Å². The minimum atomic E-state index is -0.853. The molecule has 2 amide bonds. The van der Waals surface area contributed by atoms with Gasteiger partial charge in [-0.25, -0.2) is 4.79 Å². The molecule has 0 unspecified atom stereocenters. The number of rotatable bonds is 9. The van der Waals surface area contributed by atoms with Crippen LogP contribution in [0.3, 0.4) is 0 Å². The third-order valence-corrected chi connectivity index (χ3v) is 6.09. The number of Topliss-reactive ketones (excluding diaryl/α,β-unsaturated/α-hetero) is 1. The maximum atomic E-state index is 13.2. The Kier molecular flexibility index (Phi) is 9.18. The van der Waals surface area contributed by atoms with Crippen molar-refractivity contribution >= 4 is 23.6 Å². The van der Waals surface area contributed by atoms with Gasteiger partial charge in [0, 0.05) is 24.9 Å². The molecule has 2 atom stereocenters. The van der Waals surface area contributed by atoms with E-state index in [2.05, 4.69) is 11.4 Å². The lowest BCUT2D eigenvalue weighted by Gasteiger charge is -2.27. The summed E-state index contributed by atoms with van der Waals surface area (Å²) in [6.07, 6.45) is 1.30. The number of nitrogens with one attached hydrogen (secondary N) is 1. The molecule has 3 rings (SSSR count). The first-order valence-corrected chi connectivity index (χ1v) is 12.5. The summed E-state index contributed by atoms with van der Waals surface area (Å²) in [4.78, 5) is 53.1. The highest BCUT2D eigenvalue weighted by molar-refractivity contribution is 5.98. The average Bonchev–Trinajstić information content (AvgIpc) is 3.37. The Morgan fingerprint density at radius 2 is 1.73 bits per heavy atom. The zero-order valence-electron chi connectivity index (χ0n) is 21.5. The molecule has 8 heteroatoms. The molecule has 0 radical (unpaired) electrons. The number of esters is 1. The molecular weight excluding hydrogens is 470 g/mol. The lowest BCUT2D eigenvalue weighted by Crippen LogP contribution is -2.45. The number of hydrogen-bond acceptors (Lipinski definition) is 6. The van der Waals surface area contributed by atoms with Crippen LogP contribution < -0.4 is 5.32 Å². The molecule has 0 aliphatic carbocycles. The zero-order chi connectivity index (χ0) is 27.0. The first-order valence-electron chi connectivity index (χ1n) is 12.5. The largest absolute Gasteiger partial charge is 0.458 e. The van der Waals surface area contributed by atoms with Crippen LogP contribution in [0.2, 0.25) is 0 Å². The summed E-state index contributed by atoms with van der Waals surface area (Å²) in [5.74, 6) is -1.38.